The average molecular weight is 205 g/mol. The summed E-state index contributed by atoms with van der Waals surface area (Å²) in [5.41, 5.74) is 7.22. The summed E-state index contributed by atoms with van der Waals surface area (Å²) in [6, 6.07) is 5.67. The van der Waals surface area contributed by atoms with Gasteiger partial charge in [-0.05, 0) is 30.7 Å². The van der Waals surface area contributed by atoms with E-state index in [-0.39, 0.29) is 6.01 Å². The van der Waals surface area contributed by atoms with Gasteiger partial charge >= 0.3 is 6.01 Å². The van der Waals surface area contributed by atoms with E-state index in [9.17, 15) is 0 Å². The van der Waals surface area contributed by atoms with Gasteiger partial charge in [0.25, 0.3) is 0 Å². The van der Waals surface area contributed by atoms with Crippen LogP contribution < -0.4 is 10.5 Å². The van der Waals surface area contributed by atoms with Crippen molar-refractivity contribution in [2.45, 2.75) is 6.92 Å². The molecule has 5 nitrogen and oxygen atoms in total. The van der Waals surface area contributed by atoms with Crippen molar-refractivity contribution in [3.05, 3.63) is 23.8 Å². The molecule has 0 aliphatic heterocycles. The minimum absolute atomic E-state index is 0.0696. The Kier molecular flexibility index (Phi) is 2.29. The summed E-state index contributed by atoms with van der Waals surface area (Å²) in [4.78, 5) is 0. The van der Waals surface area contributed by atoms with Gasteiger partial charge in [-0.1, -0.05) is 5.10 Å². The van der Waals surface area contributed by atoms with Crippen LogP contribution in [0, 0.1) is 6.92 Å². The van der Waals surface area contributed by atoms with Crippen LogP contribution in [0.2, 0.25) is 0 Å². The van der Waals surface area contributed by atoms with Gasteiger partial charge in [0.05, 0.1) is 7.11 Å². The van der Waals surface area contributed by atoms with E-state index < -0.39 is 0 Å². The number of ether oxygens (including phenoxy) is 1. The number of hydrogen-bond acceptors (Lipinski definition) is 5. The van der Waals surface area contributed by atoms with Crippen molar-refractivity contribution in [3.8, 4) is 17.2 Å². The highest BCUT2D eigenvalue weighted by Gasteiger charge is 2.09. The van der Waals surface area contributed by atoms with Crippen LogP contribution in [0.3, 0.4) is 0 Å². The Morgan fingerprint density at radius 2 is 2.13 bits per heavy atom. The Bertz CT molecular complexity index is 479. The molecule has 2 aromatic rings. The fourth-order valence-corrected chi connectivity index (χ4v) is 1.35. The molecule has 0 atom stereocenters. The molecule has 0 amide bonds. The number of benzene rings is 1. The molecule has 0 aliphatic rings. The summed E-state index contributed by atoms with van der Waals surface area (Å²) in [6.45, 7) is 1.94. The standard InChI is InChI=1S/C10H11N3O2/c1-6-5-7(14-2)3-4-8(6)9-12-13-10(11)15-9/h3-5H,1-2H3,(H2,11,13). The average Bonchev–Trinajstić information content (AvgIpc) is 2.64. The highest BCUT2D eigenvalue weighted by atomic mass is 16.5. The van der Waals surface area contributed by atoms with Crippen LogP contribution in [0.1, 0.15) is 5.56 Å². The zero-order valence-corrected chi connectivity index (χ0v) is 8.52. The van der Waals surface area contributed by atoms with Crippen molar-refractivity contribution in [1.82, 2.24) is 10.2 Å². The van der Waals surface area contributed by atoms with E-state index in [1.807, 2.05) is 25.1 Å². The summed E-state index contributed by atoms with van der Waals surface area (Å²) in [5, 5.41) is 7.43. The van der Waals surface area contributed by atoms with Crippen LogP contribution in [0.25, 0.3) is 11.5 Å². The zero-order valence-electron chi connectivity index (χ0n) is 8.52. The van der Waals surface area contributed by atoms with E-state index in [0.29, 0.717) is 5.89 Å². The van der Waals surface area contributed by atoms with Crippen molar-refractivity contribution in [1.29, 1.82) is 0 Å². The Hall–Kier alpha value is -2.04. The first kappa shape index (κ1) is 9.51. The molecule has 0 aliphatic carbocycles. The molecule has 0 fully saturated rings. The van der Waals surface area contributed by atoms with Crippen LogP contribution in [-0.2, 0) is 0 Å². The molecular formula is C10H11N3O2. The van der Waals surface area contributed by atoms with E-state index in [0.717, 1.165) is 16.9 Å². The summed E-state index contributed by atoms with van der Waals surface area (Å²) >= 11 is 0. The second kappa shape index (κ2) is 3.61. The Morgan fingerprint density at radius 3 is 2.67 bits per heavy atom. The Morgan fingerprint density at radius 1 is 1.33 bits per heavy atom. The van der Waals surface area contributed by atoms with Crippen molar-refractivity contribution in [2.75, 3.05) is 12.8 Å². The molecule has 0 spiro atoms. The molecule has 0 radical (unpaired) electrons. The van der Waals surface area contributed by atoms with Gasteiger partial charge in [0.15, 0.2) is 0 Å². The van der Waals surface area contributed by atoms with Crippen molar-refractivity contribution >= 4 is 6.01 Å². The molecule has 0 saturated heterocycles. The molecule has 0 bridgehead atoms. The fourth-order valence-electron chi connectivity index (χ4n) is 1.35. The van der Waals surface area contributed by atoms with Crippen LogP contribution in [-0.4, -0.2) is 17.3 Å². The molecule has 2 rings (SSSR count). The molecule has 78 valence electrons. The maximum absolute atomic E-state index is 5.36. The summed E-state index contributed by atoms with van der Waals surface area (Å²) < 4.78 is 10.2. The van der Waals surface area contributed by atoms with Crippen molar-refractivity contribution in [2.24, 2.45) is 0 Å². The first-order valence-corrected chi connectivity index (χ1v) is 4.44. The van der Waals surface area contributed by atoms with E-state index in [1.165, 1.54) is 0 Å². The van der Waals surface area contributed by atoms with Crippen molar-refractivity contribution < 1.29 is 9.15 Å². The highest BCUT2D eigenvalue weighted by molar-refractivity contribution is 5.60. The molecule has 0 saturated carbocycles. The van der Waals surface area contributed by atoms with E-state index in [2.05, 4.69) is 10.2 Å². The Labute approximate surface area is 86.9 Å². The van der Waals surface area contributed by atoms with Gasteiger partial charge in [-0.25, -0.2) is 0 Å². The number of aryl methyl sites for hydroxylation is 1. The molecule has 2 N–H and O–H groups in total. The lowest BCUT2D eigenvalue weighted by atomic mass is 10.1. The van der Waals surface area contributed by atoms with Crippen LogP contribution >= 0.6 is 0 Å². The third kappa shape index (κ3) is 1.76. The first-order chi connectivity index (χ1) is 7.20. The van der Waals surface area contributed by atoms with Gasteiger partial charge in [0.1, 0.15) is 5.75 Å². The van der Waals surface area contributed by atoms with Gasteiger partial charge < -0.3 is 14.9 Å². The summed E-state index contributed by atoms with van der Waals surface area (Å²) in [5.74, 6) is 1.22. The van der Waals surface area contributed by atoms with Crippen LogP contribution in [0.4, 0.5) is 6.01 Å². The molecule has 5 heteroatoms. The topological polar surface area (TPSA) is 74.2 Å². The highest BCUT2D eigenvalue weighted by Crippen LogP contribution is 2.25. The SMILES string of the molecule is COc1ccc(-c2nnc(N)o2)c(C)c1. The maximum atomic E-state index is 5.36. The monoisotopic (exact) mass is 205 g/mol. The van der Waals surface area contributed by atoms with Gasteiger partial charge in [-0.3, -0.25) is 0 Å². The molecular weight excluding hydrogens is 194 g/mol. The lowest BCUT2D eigenvalue weighted by Gasteiger charge is -2.03. The number of nitrogen functional groups attached to an aromatic ring is 1. The second-order valence-electron chi connectivity index (χ2n) is 3.13. The summed E-state index contributed by atoms with van der Waals surface area (Å²) in [6.07, 6.45) is 0. The zero-order chi connectivity index (χ0) is 10.8. The third-order valence-electron chi connectivity index (χ3n) is 2.10. The predicted octanol–water partition coefficient (Wildman–Crippen LogP) is 1.64. The van der Waals surface area contributed by atoms with E-state index in [4.69, 9.17) is 14.9 Å². The lowest BCUT2D eigenvalue weighted by Crippen LogP contribution is -1.87. The van der Waals surface area contributed by atoms with Crippen molar-refractivity contribution in [3.63, 3.8) is 0 Å². The number of nitrogens with zero attached hydrogens (tertiary/aromatic N) is 2. The first-order valence-electron chi connectivity index (χ1n) is 4.44. The van der Waals surface area contributed by atoms with Crippen LogP contribution in [0.15, 0.2) is 22.6 Å². The van der Waals surface area contributed by atoms with Gasteiger partial charge in [0.2, 0.25) is 5.89 Å². The molecule has 1 aromatic carbocycles. The number of anilines is 1. The number of aromatic nitrogens is 2. The van der Waals surface area contributed by atoms with E-state index >= 15 is 0 Å². The predicted molar refractivity (Wildman–Crippen MR) is 55.4 cm³/mol. The molecule has 0 unspecified atom stereocenters. The minimum Gasteiger partial charge on any atom is -0.497 e. The van der Waals surface area contributed by atoms with Crippen LogP contribution in [0.5, 0.6) is 5.75 Å². The number of hydrogen-bond donors (Lipinski definition) is 1. The largest absolute Gasteiger partial charge is 0.497 e. The second-order valence-corrected chi connectivity index (χ2v) is 3.13. The third-order valence-corrected chi connectivity index (χ3v) is 2.10. The lowest BCUT2D eigenvalue weighted by molar-refractivity contribution is 0.414. The number of rotatable bonds is 2. The van der Waals surface area contributed by atoms with Gasteiger partial charge in [0, 0.05) is 5.56 Å². The quantitative estimate of drug-likeness (QED) is 0.806. The summed E-state index contributed by atoms with van der Waals surface area (Å²) in [7, 11) is 1.62. The minimum atomic E-state index is 0.0696. The normalized spacial score (nSPS) is 10.3. The number of nitrogens with two attached hydrogens (primary N) is 1. The Balaban J connectivity index is 2.45. The van der Waals surface area contributed by atoms with E-state index in [1.54, 1.807) is 7.11 Å². The van der Waals surface area contributed by atoms with Gasteiger partial charge in [-0.2, -0.15) is 0 Å². The fraction of sp³-hybridized carbons (Fsp3) is 0.200. The molecule has 1 heterocycles. The smallest absolute Gasteiger partial charge is 0.313 e. The molecule has 1 aromatic heterocycles. The number of methoxy groups -OCH3 is 1. The maximum Gasteiger partial charge on any atom is 0.313 e. The molecule has 15 heavy (non-hydrogen) atoms. The van der Waals surface area contributed by atoms with Gasteiger partial charge in [-0.15, -0.1) is 5.10 Å².